The first-order chi connectivity index (χ1) is 16.0. The number of aromatic nitrogens is 3. The average Bonchev–Trinajstić information content (AvgIpc) is 3.28. The minimum Gasteiger partial charge on any atom is -0.341 e. The number of hydrogen-bond acceptors (Lipinski definition) is 5. The molecular formula is C25H23FN4OS2. The Morgan fingerprint density at radius 2 is 1.67 bits per heavy atom. The number of para-hydroxylation sites is 1. The zero-order chi connectivity index (χ0) is 23.2. The molecule has 0 aliphatic carbocycles. The molecule has 3 aromatic carbocycles. The number of amides is 1. The summed E-state index contributed by atoms with van der Waals surface area (Å²) in [5.41, 5.74) is 2.70. The molecule has 8 heteroatoms. The summed E-state index contributed by atoms with van der Waals surface area (Å²) >= 11 is 3.03. The first-order valence-corrected chi connectivity index (χ1v) is 12.5. The standard InChI is InChI=1S/C25H23FN4OS2/c1-29(16-18-8-14-22(32-2)15-9-18)23(31)17-33-25-28-27-24(19-10-12-20(26)13-11-19)30(25)21-6-4-3-5-7-21/h3-15H,16-17H2,1-2H3. The van der Waals surface area contributed by atoms with E-state index in [0.29, 0.717) is 17.5 Å². The van der Waals surface area contributed by atoms with E-state index in [9.17, 15) is 9.18 Å². The molecule has 0 saturated carbocycles. The molecule has 1 amide bonds. The smallest absolute Gasteiger partial charge is 0.233 e. The van der Waals surface area contributed by atoms with Crippen molar-refractivity contribution in [2.24, 2.45) is 0 Å². The Bertz CT molecular complexity index is 1210. The Morgan fingerprint density at radius 1 is 0.970 bits per heavy atom. The van der Waals surface area contributed by atoms with Gasteiger partial charge in [0.15, 0.2) is 11.0 Å². The fourth-order valence-corrected chi connectivity index (χ4v) is 4.59. The summed E-state index contributed by atoms with van der Waals surface area (Å²) in [7, 11) is 1.80. The molecule has 0 radical (unpaired) electrons. The van der Waals surface area contributed by atoms with Gasteiger partial charge in [-0.1, -0.05) is 42.1 Å². The molecule has 33 heavy (non-hydrogen) atoms. The van der Waals surface area contributed by atoms with Crippen LogP contribution in [0.5, 0.6) is 0 Å². The minimum atomic E-state index is -0.309. The Morgan fingerprint density at radius 3 is 2.33 bits per heavy atom. The molecular weight excluding hydrogens is 455 g/mol. The predicted molar refractivity (Wildman–Crippen MR) is 132 cm³/mol. The summed E-state index contributed by atoms with van der Waals surface area (Å²) in [5.74, 6) is 0.516. The molecule has 5 nitrogen and oxygen atoms in total. The maximum absolute atomic E-state index is 13.4. The molecule has 0 unspecified atom stereocenters. The van der Waals surface area contributed by atoms with Crippen molar-refractivity contribution in [1.82, 2.24) is 19.7 Å². The third-order valence-corrected chi connectivity index (χ3v) is 6.74. The number of halogens is 1. The number of thioether (sulfide) groups is 2. The van der Waals surface area contributed by atoms with Crippen LogP contribution in [0, 0.1) is 5.82 Å². The van der Waals surface area contributed by atoms with Gasteiger partial charge in [-0.3, -0.25) is 9.36 Å². The zero-order valence-electron chi connectivity index (χ0n) is 18.3. The van der Waals surface area contributed by atoms with Crippen molar-refractivity contribution in [3.05, 3.63) is 90.2 Å². The Kier molecular flexibility index (Phi) is 7.47. The highest BCUT2D eigenvalue weighted by Crippen LogP contribution is 2.28. The fraction of sp³-hybridized carbons (Fsp3) is 0.160. The van der Waals surface area contributed by atoms with E-state index >= 15 is 0 Å². The normalized spacial score (nSPS) is 10.9. The van der Waals surface area contributed by atoms with Gasteiger partial charge in [-0.25, -0.2) is 4.39 Å². The second kappa shape index (κ2) is 10.7. The van der Waals surface area contributed by atoms with E-state index < -0.39 is 0 Å². The van der Waals surface area contributed by atoms with Crippen molar-refractivity contribution in [2.75, 3.05) is 19.1 Å². The molecule has 0 N–H and O–H groups in total. The van der Waals surface area contributed by atoms with Gasteiger partial charge >= 0.3 is 0 Å². The Balaban J connectivity index is 1.51. The van der Waals surface area contributed by atoms with E-state index in [1.807, 2.05) is 53.3 Å². The van der Waals surface area contributed by atoms with Crippen LogP contribution >= 0.6 is 23.5 Å². The van der Waals surface area contributed by atoms with Crippen molar-refractivity contribution < 1.29 is 9.18 Å². The minimum absolute atomic E-state index is 0.000105. The van der Waals surface area contributed by atoms with E-state index in [-0.39, 0.29) is 17.5 Å². The van der Waals surface area contributed by atoms with Crippen molar-refractivity contribution >= 4 is 29.4 Å². The van der Waals surface area contributed by atoms with E-state index in [1.165, 1.54) is 28.8 Å². The highest BCUT2D eigenvalue weighted by atomic mass is 32.2. The third-order valence-electron chi connectivity index (χ3n) is 5.08. The molecule has 1 aromatic heterocycles. The zero-order valence-corrected chi connectivity index (χ0v) is 19.9. The number of carbonyl (C=O) groups is 1. The van der Waals surface area contributed by atoms with Gasteiger partial charge < -0.3 is 4.90 Å². The lowest BCUT2D eigenvalue weighted by atomic mass is 10.2. The number of rotatable bonds is 8. The van der Waals surface area contributed by atoms with Gasteiger partial charge in [-0.05, 0) is 60.4 Å². The quantitative estimate of drug-likeness (QED) is 0.311. The monoisotopic (exact) mass is 478 g/mol. The summed E-state index contributed by atoms with van der Waals surface area (Å²) in [6.45, 7) is 0.542. The molecule has 4 aromatic rings. The van der Waals surface area contributed by atoms with Crippen LogP contribution in [0.1, 0.15) is 5.56 Å². The second-order valence-electron chi connectivity index (χ2n) is 7.37. The van der Waals surface area contributed by atoms with Gasteiger partial charge in [-0.2, -0.15) is 0 Å². The first-order valence-electron chi connectivity index (χ1n) is 10.3. The molecule has 0 bridgehead atoms. The van der Waals surface area contributed by atoms with Gasteiger partial charge in [0, 0.05) is 29.7 Å². The highest BCUT2D eigenvalue weighted by molar-refractivity contribution is 7.99. The lowest BCUT2D eigenvalue weighted by Crippen LogP contribution is -2.27. The van der Waals surface area contributed by atoms with Gasteiger partial charge in [0.25, 0.3) is 0 Å². The molecule has 168 valence electrons. The van der Waals surface area contributed by atoms with Crippen LogP contribution in [-0.2, 0) is 11.3 Å². The van der Waals surface area contributed by atoms with Crippen molar-refractivity contribution in [3.8, 4) is 17.1 Å². The maximum Gasteiger partial charge on any atom is 0.233 e. The fourth-order valence-electron chi connectivity index (χ4n) is 3.29. The summed E-state index contributed by atoms with van der Waals surface area (Å²) < 4.78 is 15.3. The molecule has 0 spiro atoms. The SMILES string of the molecule is CSc1ccc(CN(C)C(=O)CSc2nnc(-c3ccc(F)cc3)n2-c2ccccc2)cc1. The predicted octanol–water partition coefficient (Wildman–Crippen LogP) is 5.55. The largest absolute Gasteiger partial charge is 0.341 e. The van der Waals surface area contributed by atoms with Crippen LogP contribution < -0.4 is 0 Å². The lowest BCUT2D eigenvalue weighted by molar-refractivity contribution is -0.127. The van der Waals surface area contributed by atoms with Crippen LogP contribution in [0.4, 0.5) is 4.39 Å². The Hall–Kier alpha value is -3.10. The lowest BCUT2D eigenvalue weighted by Gasteiger charge is -2.17. The summed E-state index contributed by atoms with van der Waals surface area (Å²) in [5, 5.41) is 9.28. The van der Waals surface area contributed by atoms with E-state index in [0.717, 1.165) is 16.8 Å². The summed E-state index contributed by atoms with van der Waals surface area (Å²) in [6, 6.07) is 24.1. The van der Waals surface area contributed by atoms with Crippen molar-refractivity contribution in [3.63, 3.8) is 0 Å². The van der Waals surface area contributed by atoms with Gasteiger partial charge in [0.1, 0.15) is 5.82 Å². The average molecular weight is 479 g/mol. The molecule has 0 fully saturated rings. The second-order valence-corrected chi connectivity index (χ2v) is 9.19. The van der Waals surface area contributed by atoms with Gasteiger partial charge in [0.2, 0.25) is 5.91 Å². The number of nitrogens with zero attached hydrogens (tertiary/aromatic N) is 4. The number of benzene rings is 3. The molecule has 0 aliphatic rings. The number of hydrogen-bond donors (Lipinski definition) is 0. The summed E-state index contributed by atoms with van der Waals surface area (Å²) in [6.07, 6.45) is 2.04. The Labute approximate surface area is 201 Å². The third kappa shape index (κ3) is 5.64. The molecule has 0 atom stereocenters. The summed E-state index contributed by atoms with van der Waals surface area (Å²) in [4.78, 5) is 15.7. The van der Waals surface area contributed by atoms with E-state index in [2.05, 4.69) is 22.3 Å². The first kappa shape index (κ1) is 23.1. The van der Waals surface area contributed by atoms with Crippen LogP contribution in [0.2, 0.25) is 0 Å². The molecule has 0 aliphatic heterocycles. The topological polar surface area (TPSA) is 51.0 Å². The van der Waals surface area contributed by atoms with E-state index in [4.69, 9.17) is 0 Å². The molecule has 4 rings (SSSR count). The van der Waals surface area contributed by atoms with Gasteiger partial charge in [0.05, 0.1) is 5.75 Å². The maximum atomic E-state index is 13.4. The van der Waals surface area contributed by atoms with Crippen molar-refractivity contribution in [2.45, 2.75) is 16.6 Å². The van der Waals surface area contributed by atoms with Gasteiger partial charge in [-0.15, -0.1) is 22.0 Å². The number of carbonyl (C=O) groups excluding carboxylic acids is 1. The molecule has 1 heterocycles. The molecule has 0 saturated heterocycles. The highest BCUT2D eigenvalue weighted by Gasteiger charge is 2.18. The van der Waals surface area contributed by atoms with Crippen molar-refractivity contribution in [1.29, 1.82) is 0 Å². The van der Waals surface area contributed by atoms with Crippen LogP contribution in [0.25, 0.3) is 17.1 Å². The van der Waals surface area contributed by atoms with Crippen LogP contribution in [0.15, 0.2) is 88.9 Å². The van der Waals surface area contributed by atoms with Crippen LogP contribution in [0.3, 0.4) is 0 Å². The van der Waals surface area contributed by atoms with Crippen LogP contribution in [-0.4, -0.2) is 44.6 Å². The van der Waals surface area contributed by atoms with E-state index in [1.54, 1.807) is 35.8 Å².